The van der Waals surface area contributed by atoms with Crippen LogP contribution in [0.5, 0.6) is 0 Å². The van der Waals surface area contributed by atoms with E-state index in [-0.39, 0.29) is 17.5 Å². The van der Waals surface area contributed by atoms with E-state index in [4.69, 9.17) is 0 Å². The standard InChI is InChI=1S/C18H16N4O2/c1-2-19-17(23)13-11-16(21-14-8-4-3-7-12(13)14)22-18(24)15-9-5-6-10-20-15/h3-11H,2H2,1H3,(H,19,23)(H,21,22,24). The summed E-state index contributed by atoms with van der Waals surface area (Å²) in [6.45, 7) is 2.37. The average molecular weight is 320 g/mol. The highest BCUT2D eigenvalue weighted by Gasteiger charge is 2.14. The lowest BCUT2D eigenvalue weighted by atomic mass is 10.1. The molecule has 6 heteroatoms. The van der Waals surface area contributed by atoms with Crippen LogP contribution >= 0.6 is 0 Å². The Hall–Kier alpha value is -3.28. The van der Waals surface area contributed by atoms with Crippen molar-refractivity contribution in [2.75, 3.05) is 11.9 Å². The first kappa shape index (κ1) is 15.6. The monoisotopic (exact) mass is 320 g/mol. The fourth-order valence-electron chi connectivity index (χ4n) is 2.36. The molecular formula is C18H16N4O2. The Morgan fingerprint density at radius 3 is 2.58 bits per heavy atom. The molecule has 0 bridgehead atoms. The Balaban J connectivity index is 1.99. The molecule has 0 saturated carbocycles. The number of hydrogen-bond acceptors (Lipinski definition) is 4. The van der Waals surface area contributed by atoms with Gasteiger partial charge in [0.1, 0.15) is 11.5 Å². The molecule has 0 aliphatic carbocycles. The molecule has 0 spiro atoms. The summed E-state index contributed by atoms with van der Waals surface area (Å²) >= 11 is 0. The Labute approximate surface area is 138 Å². The summed E-state index contributed by atoms with van der Waals surface area (Å²) in [5, 5.41) is 6.21. The van der Waals surface area contributed by atoms with E-state index < -0.39 is 0 Å². The molecule has 2 aromatic heterocycles. The third-order valence-corrected chi connectivity index (χ3v) is 3.44. The first-order valence-electron chi connectivity index (χ1n) is 7.59. The smallest absolute Gasteiger partial charge is 0.275 e. The zero-order valence-corrected chi connectivity index (χ0v) is 13.1. The second-order valence-corrected chi connectivity index (χ2v) is 5.10. The normalized spacial score (nSPS) is 10.4. The Morgan fingerprint density at radius 1 is 1.04 bits per heavy atom. The molecule has 24 heavy (non-hydrogen) atoms. The van der Waals surface area contributed by atoms with Gasteiger partial charge < -0.3 is 10.6 Å². The number of carbonyl (C=O) groups is 2. The summed E-state index contributed by atoms with van der Waals surface area (Å²) in [6.07, 6.45) is 1.54. The van der Waals surface area contributed by atoms with E-state index in [1.807, 2.05) is 25.1 Å². The number of para-hydroxylation sites is 1. The molecule has 0 fully saturated rings. The molecule has 1 aromatic carbocycles. The first-order chi connectivity index (χ1) is 11.7. The molecule has 2 N–H and O–H groups in total. The van der Waals surface area contributed by atoms with E-state index in [9.17, 15) is 9.59 Å². The van der Waals surface area contributed by atoms with Crippen molar-refractivity contribution in [2.24, 2.45) is 0 Å². The van der Waals surface area contributed by atoms with Crippen LogP contribution in [0.15, 0.2) is 54.7 Å². The topological polar surface area (TPSA) is 84.0 Å². The molecule has 6 nitrogen and oxygen atoms in total. The van der Waals surface area contributed by atoms with Crippen LogP contribution < -0.4 is 10.6 Å². The SMILES string of the molecule is CCNC(=O)c1cc(NC(=O)c2ccccn2)nc2ccccc12. The largest absolute Gasteiger partial charge is 0.352 e. The Bertz CT molecular complexity index is 894. The quantitative estimate of drug-likeness (QED) is 0.774. The number of aromatic nitrogens is 2. The van der Waals surface area contributed by atoms with Gasteiger partial charge in [0.05, 0.1) is 11.1 Å². The molecule has 0 radical (unpaired) electrons. The summed E-state index contributed by atoms with van der Waals surface area (Å²) in [6, 6.07) is 14.0. The number of benzene rings is 1. The maximum atomic E-state index is 12.3. The molecule has 0 aliphatic heterocycles. The maximum absolute atomic E-state index is 12.3. The first-order valence-corrected chi connectivity index (χ1v) is 7.59. The van der Waals surface area contributed by atoms with Crippen LogP contribution in [0.1, 0.15) is 27.8 Å². The van der Waals surface area contributed by atoms with Crippen LogP contribution in [0.3, 0.4) is 0 Å². The van der Waals surface area contributed by atoms with Crippen molar-refractivity contribution in [3.63, 3.8) is 0 Å². The lowest BCUT2D eigenvalue weighted by molar-refractivity contribution is 0.0955. The number of pyridine rings is 2. The molecular weight excluding hydrogens is 304 g/mol. The van der Waals surface area contributed by atoms with Crippen molar-refractivity contribution in [1.29, 1.82) is 0 Å². The maximum Gasteiger partial charge on any atom is 0.275 e. The van der Waals surface area contributed by atoms with Gasteiger partial charge in [-0.3, -0.25) is 14.6 Å². The van der Waals surface area contributed by atoms with E-state index in [0.717, 1.165) is 5.39 Å². The number of rotatable bonds is 4. The summed E-state index contributed by atoms with van der Waals surface area (Å²) in [5.74, 6) is -0.268. The highest BCUT2D eigenvalue weighted by atomic mass is 16.2. The van der Waals surface area contributed by atoms with Crippen molar-refractivity contribution < 1.29 is 9.59 Å². The predicted molar refractivity (Wildman–Crippen MR) is 91.9 cm³/mol. The van der Waals surface area contributed by atoms with Gasteiger partial charge in [-0.25, -0.2) is 4.98 Å². The van der Waals surface area contributed by atoms with Crippen LogP contribution in [-0.4, -0.2) is 28.3 Å². The van der Waals surface area contributed by atoms with Crippen molar-refractivity contribution in [2.45, 2.75) is 6.92 Å². The highest BCUT2D eigenvalue weighted by Crippen LogP contribution is 2.21. The van der Waals surface area contributed by atoms with Crippen LogP contribution in [0.4, 0.5) is 5.82 Å². The predicted octanol–water partition coefficient (Wildman–Crippen LogP) is 2.63. The third kappa shape index (κ3) is 3.22. The van der Waals surface area contributed by atoms with E-state index in [2.05, 4.69) is 20.6 Å². The minimum absolute atomic E-state index is 0.204. The van der Waals surface area contributed by atoms with Gasteiger partial charge in [-0.05, 0) is 31.2 Å². The summed E-state index contributed by atoms with van der Waals surface area (Å²) in [7, 11) is 0. The molecule has 3 rings (SSSR count). The zero-order chi connectivity index (χ0) is 16.9. The molecule has 3 aromatic rings. The number of nitrogens with zero attached hydrogens (tertiary/aromatic N) is 2. The van der Waals surface area contributed by atoms with Gasteiger partial charge in [0.25, 0.3) is 11.8 Å². The molecule has 120 valence electrons. The summed E-state index contributed by atoms with van der Waals surface area (Å²) in [4.78, 5) is 33.0. The van der Waals surface area contributed by atoms with Gasteiger partial charge in [0.15, 0.2) is 0 Å². The Kier molecular flexibility index (Phi) is 4.47. The lowest BCUT2D eigenvalue weighted by Gasteiger charge is -2.10. The average Bonchev–Trinajstić information content (AvgIpc) is 2.62. The number of amides is 2. The zero-order valence-electron chi connectivity index (χ0n) is 13.1. The molecule has 0 unspecified atom stereocenters. The fraction of sp³-hybridized carbons (Fsp3) is 0.111. The number of hydrogen-bond donors (Lipinski definition) is 2. The second kappa shape index (κ2) is 6.87. The summed E-state index contributed by atoms with van der Waals surface area (Å²) in [5.41, 5.74) is 1.39. The van der Waals surface area contributed by atoms with E-state index in [1.54, 1.807) is 36.5 Å². The molecule has 2 amide bonds. The Morgan fingerprint density at radius 2 is 1.83 bits per heavy atom. The van der Waals surface area contributed by atoms with Gasteiger partial charge in [0, 0.05) is 18.1 Å². The number of carbonyl (C=O) groups excluding carboxylic acids is 2. The lowest BCUT2D eigenvalue weighted by Crippen LogP contribution is -2.23. The summed E-state index contributed by atoms with van der Waals surface area (Å²) < 4.78 is 0. The van der Waals surface area contributed by atoms with Crippen molar-refractivity contribution in [1.82, 2.24) is 15.3 Å². The van der Waals surface area contributed by atoms with Crippen molar-refractivity contribution in [3.8, 4) is 0 Å². The number of nitrogens with one attached hydrogen (secondary N) is 2. The molecule has 0 atom stereocenters. The van der Waals surface area contributed by atoms with Gasteiger partial charge in [-0.1, -0.05) is 24.3 Å². The fourth-order valence-corrected chi connectivity index (χ4v) is 2.36. The molecule has 0 aliphatic rings. The van der Waals surface area contributed by atoms with Crippen LogP contribution in [0, 0.1) is 0 Å². The van der Waals surface area contributed by atoms with Gasteiger partial charge in [0.2, 0.25) is 0 Å². The van der Waals surface area contributed by atoms with Gasteiger partial charge in [-0.2, -0.15) is 0 Å². The van der Waals surface area contributed by atoms with Crippen LogP contribution in [0.25, 0.3) is 10.9 Å². The third-order valence-electron chi connectivity index (χ3n) is 3.44. The number of anilines is 1. The minimum atomic E-state index is -0.375. The van der Waals surface area contributed by atoms with E-state index in [1.165, 1.54) is 0 Å². The van der Waals surface area contributed by atoms with Crippen molar-refractivity contribution in [3.05, 3.63) is 66.0 Å². The molecule has 0 saturated heterocycles. The van der Waals surface area contributed by atoms with Crippen LogP contribution in [0.2, 0.25) is 0 Å². The highest BCUT2D eigenvalue weighted by molar-refractivity contribution is 6.08. The second-order valence-electron chi connectivity index (χ2n) is 5.10. The van der Waals surface area contributed by atoms with Gasteiger partial charge in [-0.15, -0.1) is 0 Å². The van der Waals surface area contributed by atoms with E-state index in [0.29, 0.717) is 23.4 Å². The van der Waals surface area contributed by atoms with Gasteiger partial charge >= 0.3 is 0 Å². The molecule has 2 heterocycles. The minimum Gasteiger partial charge on any atom is -0.352 e. The van der Waals surface area contributed by atoms with Crippen molar-refractivity contribution >= 4 is 28.5 Å². The van der Waals surface area contributed by atoms with Crippen LogP contribution in [-0.2, 0) is 0 Å². The van der Waals surface area contributed by atoms with E-state index >= 15 is 0 Å². The number of fused-ring (bicyclic) bond motifs is 1.